The van der Waals surface area contributed by atoms with Gasteiger partial charge in [0.1, 0.15) is 29.2 Å². The SMILES string of the molecule is COc1cc([C@@H]2C(=C(O)c3ccc4c(c3)C[C@H](C)O4)C(=O)C(=O)N2c2nnc(C)s2)ccc1OCc1ccccc1. The molecule has 0 spiro atoms. The lowest BCUT2D eigenvalue weighted by Crippen LogP contribution is -2.29. The molecule has 0 bridgehead atoms. The van der Waals surface area contributed by atoms with Gasteiger partial charge in [0.05, 0.1) is 18.7 Å². The molecule has 0 radical (unpaired) electrons. The highest BCUT2D eigenvalue weighted by atomic mass is 32.1. The summed E-state index contributed by atoms with van der Waals surface area (Å²) in [6.07, 6.45) is 0.698. The van der Waals surface area contributed by atoms with Crippen LogP contribution in [0.15, 0.2) is 72.3 Å². The van der Waals surface area contributed by atoms with Crippen LogP contribution in [-0.2, 0) is 22.6 Å². The Morgan fingerprint density at radius 1 is 1.07 bits per heavy atom. The van der Waals surface area contributed by atoms with E-state index < -0.39 is 17.7 Å². The lowest BCUT2D eigenvalue weighted by atomic mass is 9.94. The molecule has 3 aromatic carbocycles. The maximum Gasteiger partial charge on any atom is 0.301 e. The molecule has 0 aliphatic carbocycles. The molecule has 2 atom stereocenters. The number of rotatable bonds is 7. The summed E-state index contributed by atoms with van der Waals surface area (Å²) in [5.74, 6) is -0.227. The minimum atomic E-state index is -0.970. The predicted molar refractivity (Wildman–Crippen MR) is 153 cm³/mol. The van der Waals surface area contributed by atoms with Crippen molar-refractivity contribution in [3.8, 4) is 17.2 Å². The smallest absolute Gasteiger partial charge is 0.301 e. The maximum absolute atomic E-state index is 13.5. The number of ether oxygens (including phenoxy) is 3. The van der Waals surface area contributed by atoms with Crippen LogP contribution in [0.1, 0.15) is 40.2 Å². The van der Waals surface area contributed by atoms with Crippen molar-refractivity contribution in [2.75, 3.05) is 12.0 Å². The molecule has 0 unspecified atom stereocenters. The summed E-state index contributed by atoms with van der Waals surface area (Å²) in [4.78, 5) is 28.3. The highest BCUT2D eigenvalue weighted by Crippen LogP contribution is 2.45. The van der Waals surface area contributed by atoms with Crippen molar-refractivity contribution in [2.45, 2.75) is 39.0 Å². The number of aliphatic hydroxyl groups is 1. The molecule has 1 amide bonds. The Hall–Kier alpha value is -4.70. The van der Waals surface area contributed by atoms with Crippen molar-refractivity contribution in [3.63, 3.8) is 0 Å². The van der Waals surface area contributed by atoms with Crippen molar-refractivity contribution in [1.29, 1.82) is 0 Å². The van der Waals surface area contributed by atoms with Crippen molar-refractivity contribution in [1.82, 2.24) is 10.2 Å². The van der Waals surface area contributed by atoms with Gasteiger partial charge < -0.3 is 19.3 Å². The summed E-state index contributed by atoms with van der Waals surface area (Å²) in [5, 5.41) is 20.6. The minimum Gasteiger partial charge on any atom is -0.507 e. The molecule has 3 heterocycles. The number of aromatic nitrogens is 2. The van der Waals surface area contributed by atoms with E-state index in [1.54, 1.807) is 43.3 Å². The van der Waals surface area contributed by atoms with Crippen molar-refractivity contribution < 1.29 is 28.9 Å². The van der Waals surface area contributed by atoms with Crippen LogP contribution in [0.2, 0.25) is 0 Å². The molecule has 1 aromatic heterocycles. The van der Waals surface area contributed by atoms with Crippen LogP contribution in [0.3, 0.4) is 0 Å². The van der Waals surface area contributed by atoms with Crippen LogP contribution < -0.4 is 19.1 Å². The van der Waals surface area contributed by atoms with Crippen molar-refractivity contribution in [2.24, 2.45) is 0 Å². The Morgan fingerprint density at radius 3 is 2.61 bits per heavy atom. The number of carbonyl (C=O) groups excluding carboxylic acids is 2. The van der Waals surface area contributed by atoms with Gasteiger partial charge in [-0.3, -0.25) is 14.5 Å². The first-order valence-electron chi connectivity index (χ1n) is 13.1. The summed E-state index contributed by atoms with van der Waals surface area (Å²) >= 11 is 1.19. The van der Waals surface area contributed by atoms with E-state index in [0.717, 1.165) is 16.9 Å². The third-order valence-electron chi connectivity index (χ3n) is 7.08. The molecule has 4 aromatic rings. The van der Waals surface area contributed by atoms with E-state index in [4.69, 9.17) is 14.2 Å². The zero-order valence-corrected chi connectivity index (χ0v) is 23.5. The van der Waals surface area contributed by atoms with Gasteiger partial charge in [0.2, 0.25) is 5.13 Å². The summed E-state index contributed by atoms with van der Waals surface area (Å²) in [7, 11) is 1.52. The average Bonchev–Trinajstić information content (AvgIpc) is 3.65. The fraction of sp³-hybridized carbons (Fsp3) is 0.226. The second-order valence-corrected chi connectivity index (χ2v) is 11.1. The highest BCUT2D eigenvalue weighted by molar-refractivity contribution is 7.15. The molecule has 10 heteroatoms. The number of benzene rings is 3. The first-order chi connectivity index (χ1) is 19.8. The molecule has 2 aliphatic heterocycles. The van der Waals surface area contributed by atoms with Crippen LogP contribution in [0.25, 0.3) is 5.76 Å². The Bertz CT molecular complexity index is 1680. The number of nitrogens with zero attached hydrogens (tertiary/aromatic N) is 3. The number of methoxy groups -OCH3 is 1. The van der Waals surface area contributed by atoms with Gasteiger partial charge >= 0.3 is 5.91 Å². The van der Waals surface area contributed by atoms with E-state index in [1.807, 2.05) is 37.3 Å². The highest BCUT2D eigenvalue weighted by Gasteiger charge is 2.48. The van der Waals surface area contributed by atoms with E-state index >= 15 is 0 Å². The Morgan fingerprint density at radius 2 is 1.88 bits per heavy atom. The molecule has 6 rings (SSSR count). The number of amides is 1. The second kappa shape index (κ2) is 10.7. The number of ketones is 1. The lowest BCUT2D eigenvalue weighted by Gasteiger charge is -2.23. The summed E-state index contributed by atoms with van der Waals surface area (Å²) in [6, 6.07) is 19.2. The standard InChI is InChI=1S/C31H27N3O6S/c1-17-13-22-14-21(10-11-23(22)40-17)28(35)26-27(34(30(37)29(26)36)31-33-32-18(2)41-31)20-9-12-24(25(15-20)38-3)39-16-19-7-5-4-6-8-19/h4-12,14-15,17,27,35H,13,16H2,1-3H3/t17-,27+/m0/s1. The van der Waals surface area contributed by atoms with E-state index in [1.165, 1.54) is 23.3 Å². The number of hydrogen-bond donors (Lipinski definition) is 1. The number of hydrogen-bond acceptors (Lipinski definition) is 9. The zero-order chi connectivity index (χ0) is 28.7. The van der Waals surface area contributed by atoms with Gasteiger partial charge in [-0.1, -0.05) is 47.7 Å². The molecule has 208 valence electrons. The number of anilines is 1. The van der Waals surface area contributed by atoms with Crippen LogP contribution >= 0.6 is 11.3 Å². The molecule has 9 nitrogen and oxygen atoms in total. The van der Waals surface area contributed by atoms with E-state index in [0.29, 0.717) is 40.7 Å². The van der Waals surface area contributed by atoms with Gasteiger partial charge in [0, 0.05) is 12.0 Å². The minimum absolute atomic E-state index is 0.0173. The fourth-order valence-electron chi connectivity index (χ4n) is 5.16. The van der Waals surface area contributed by atoms with Gasteiger partial charge in [-0.15, -0.1) is 10.2 Å². The molecule has 2 aliphatic rings. The van der Waals surface area contributed by atoms with Crippen LogP contribution in [0, 0.1) is 6.92 Å². The van der Waals surface area contributed by atoms with Crippen molar-refractivity contribution in [3.05, 3.63) is 99.6 Å². The van der Waals surface area contributed by atoms with Gasteiger partial charge in [-0.05, 0) is 60.9 Å². The van der Waals surface area contributed by atoms with E-state index in [9.17, 15) is 14.7 Å². The summed E-state index contributed by atoms with van der Waals surface area (Å²) in [6.45, 7) is 4.07. The van der Waals surface area contributed by atoms with E-state index in [-0.39, 0.29) is 22.6 Å². The van der Waals surface area contributed by atoms with E-state index in [2.05, 4.69) is 10.2 Å². The molecule has 1 N–H and O–H groups in total. The second-order valence-electron chi connectivity index (χ2n) is 9.91. The topological polar surface area (TPSA) is 111 Å². The number of aliphatic hydroxyl groups excluding tert-OH is 1. The number of carbonyl (C=O) groups is 2. The normalized spacial score (nSPS) is 19.2. The third-order valence-corrected chi connectivity index (χ3v) is 7.91. The van der Waals surface area contributed by atoms with Crippen LogP contribution in [0.4, 0.5) is 5.13 Å². The Kier molecular flexibility index (Phi) is 6.92. The number of aryl methyl sites for hydroxylation is 1. The Labute approximate surface area is 240 Å². The first kappa shape index (κ1) is 26.5. The molecular formula is C31H27N3O6S. The zero-order valence-electron chi connectivity index (χ0n) is 22.7. The average molecular weight is 570 g/mol. The summed E-state index contributed by atoms with van der Waals surface area (Å²) in [5.41, 5.74) is 2.84. The van der Waals surface area contributed by atoms with Crippen LogP contribution in [-0.4, -0.2) is 40.2 Å². The molecular weight excluding hydrogens is 542 g/mol. The molecule has 0 saturated carbocycles. The summed E-state index contributed by atoms with van der Waals surface area (Å²) < 4.78 is 17.5. The van der Waals surface area contributed by atoms with Crippen molar-refractivity contribution >= 4 is 33.9 Å². The van der Waals surface area contributed by atoms with Crippen LogP contribution in [0.5, 0.6) is 17.2 Å². The molecule has 41 heavy (non-hydrogen) atoms. The molecule has 1 saturated heterocycles. The van der Waals surface area contributed by atoms with Gasteiger partial charge in [-0.2, -0.15) is 0 Å². The van der Waals surface area contributed by atoms with Gasteiger partial charge in [0.25, 0.3) is 5.78 Å². The fourth-order valence-corrected chi connectivity index (χ4v) is 5.88. The molecule has 1 fully saturated rings. The number of fused-ring (bicyclic) bond motifs is 1. The van der Waals surface area contributed by atoms with Gasteiger partial charge in [0.15, 0.2) is 11.5 Å². The quantitative estimate of drug-likeness (QED) is 0.179. The predicted octanol–water partition coefficient (Wildman–Crippen LogP) is 5.38. The monoisotopic (exact) mass is 569 g/mol. The van der Waals surface area contributed by atoms with Gasteiger partial charge in [-0.25, -0.2) is 0 Å². The largest absolute Gasteiger partial charge is 0.507 e. The maximum atomic E-state index is 13.5. The number of Topliss-reactive ketones (excluding diaryl/α,β-unsaturated/α-hetero) is 1. The lowest BCUT2D eigenvalue weighted by molar-refractivity contribution is -0.132. The Balaban J connectivity index is 1.44. The third kappa shape index (κ3) is 4.91. The first-order valence-corrected chi connectivity index (χ1v) is 13.9.